The lowest BCUT2D eigenvalue weighted by Gasteiger charge is -2.18. The third kappa shape index (κ3) is 5.85. The number of ether oxygens (including phenoxy) is 1. The number of benzene rings is 1. The summed E-state index contributed by atoms with van der Waals surface area (Å²) >= 11 is 11.8. The minimum atomic E-state index is -0.248. The summed E-state index contributed by atoms with van der Waals surface area (Å²) in [6.07, 6.45) is 0. The van der Waals surface area contributed by atoms with Crippen LogP contribution >= 0.6 is 23.2 Å². The van der Waals surface area contributed by atoms with Crippen LogP contribution in [0.5, 0.6) is 5.75 Å². The van der Waals surface area contributed by atoms with Crippen molar-refractivity contribution >= 4 is 40.6 Å². The predicted octanol–water partition coefficient (Wildman–Crippen LogP) is 2.65. The number of carbonyl (C=O) groups is 1. The van der Waals surface area contributed by atoms with Crippen LogP contribution in [0.2, 0.25) is 5.02 Å². The molecule has 1 amide bonds. The monoisotopic (exact) mass is 374 g/mol. The first-order valence-corrected chi connectivity index (χ1v) is 8.65. The number of nitrogens with one attached hydrogen (secondary N) is 1. The maximum Gasteiger partial charge on any atom is 0.255 e. The quantitative estimate of drug-likeness (QED) is 0.395. The number of carbonyl (C=O) groups excluding carboxylic acids is 1. The number of nitrogens with zero attached hydrogens (tertiary/aromatic N) is 2. The Kier molecular flexibility index (Phi) is 8.89. The normalized spacial score (nSPS) is 11.7. The van der Waals surface area contributed by atoms with Crippen LogP contribution in [-0.2, 0) is 0 Å². The highest BCUT2D eigenvalue weighted by molar-refractivity contribution is 6.34. The molecule has 0 saturated heterocycles. The standard InChI is InChI=1S/C16H24Cl2N4O2/c1-4-22(5-2)7-6-20-16(23)11-8-12(18)13(9-14(11)24-3)21-15(19)10-17/h8-9H,4-7,10H2,1-3H3,(H2,19,21)(H,20,23). The highest BCUT2D eigenvalue weighted by Gasteiger charge is 2.16. The molecular formula is C16H24Cl2N4O2. The molecule has 0 radical (unpaired) electrons. The first-order valence-electron chi connectivity index (χ1n) is 7.73. The Labute approximate surface area is 153 Å². The average Bonchev–Trinajstić information content (AvgIpc) is 2.59. The van der Waals surface area contributed by atoms with Gasteiger partial charge in [0.15, 0.2) is 0 Å². The van der Waals surface area contributed by atoms with Crippen molar-refractivity contribution in [1.82, 2.24) is 10.2 Å². The van der Waals surface area contributed by atoms with E-state index in [2.05, 4.69) is 29.1 Å². The molecule has 0 aliphatic heterocycles. The summed E-state index contributed by atoms with van der Waals surface area (Å²) in [5, 5.41) is 3.17. The molecule has 1 rings (SSSR count). The van der Waals surface area contributed by atoms with Crippen molar-refractivity contribution in [2.75, 3.05) is 39.2 Å². The van der Waals surface area contributed by atoms with E-state index in [0.29, 0.717) is 28.6 Å². The Balaban J connectivity index is 2.91. The van der Waals surface area contributed by atoms with E-state index in [-0.39, 0.29) is 17.6 Å². The summed E-state index contributed by atoms with van der Waals surface area (Å²) in [5.41, 5.74) is 6.38. The number of alkyl halides is 1. The molecular weight excluding hydrogens is 351 g/mol. The maximum atomic E-state index is 12.4. The van der Waals surface area contributed by atoms with Crippen molar-refractivity contribution < 1.29 is 9.53 Å². The van der Waals surface area contributed by atoms with Crippen molar-refractivity contribution in [2.45, 2.75) is 13.8 Å². The van der Waals surface area contributed by atoms with Gasteiger partial charge in [0.05, 0.1) is 29.3 Å². The lowest BCUT2D eigenvalue weighted by atomic mass is 10.1. The Bertz CT molecular complexity index is 590. The molecule has 1 aromatic carbocycles. The zero-order chi connectivity index (χ0) is 18.1. The van der Waals surface area contributed by atoms with Crippen LogP contribution in [0.15, 0.2) is 17.1 Å². The van der Waals surface area contributed by atoms with Crippen molar-refractivity contribution in [2.24, 2.45) is 10.7 Å². The Hall–Kier alpha value is -1.50. The summed E-state index contributed by atoms with van der Waals surface area (Å²) in [6, 6.07) is 3.09. The molecule has 0 heterocycles. The Morgan fingerprint density at radius 1 is 1.38 bits per heavy atom. The number of nitrogens with two attached hydrogens (primary N) is 1. The molecule has 0 saturated carbocycles. The van der Waals surface area contributed by atoms with E-state index in [0.717, 1.165) is 19.6 Å². The molecule has 0 fully saturated rings. The molecule has 0 aromatic heterocycles. The van der Waals surface area contributed by atoms with Crippen LogP contribution in [0.3, 0.4) is 0 Å². The number of amides is 1. The van der Waals surface area contributed by atoms with Gasteiger partial charge in [-0.3, -0.25) is 4.79 Å². The largest absolute Gasteiger partial charge is 0.496 e. The fraction of sp³-hybridized carbons (Fsp3) is 0.500. The second-order valence-electron chi connectivity index (χ2n) is 5.02. The molecule has 0 atom stereocenters. The fourth-order valence-electron chi connectivity index (χ4n) is 2.12. The minimum absolute atomic E-state index is 0.0895. The molecule has 0 aliphatic rings. The first kappa shape index (κ1) is 20.5. The van der Waals surface area contributed by atoms with E-state index >= 15 is 0 Å². The molecule has 0 bridgehead atoms. The number of rotatable bonds is 9. The summed E-state index contributed by atoms with van der Waals surface area (Å²) in [4.78, 5) is 18.7. The van der Waals surface area contributed by atoms with E-state index in [4.69, 9.17) is 33.7 Å². The molecule has 0 unspecified atom stereocenters. The molecule has 6 nitrogen and oxygen atoms in total. The van der Waals surface area contributed by atoms with Gasteiger partial charge in [-0.2, -0.15) is 0 Å². The minimum Gasteiger partial charge on any atom is -0.496 e. The second-order valence-corrected chi connectivity index (χ2v) is 5.70. The van der Waals surface area contributed by atoms with E-state index in [1.54, 1.807) is 6.07 Å². The van der Waals surface area contributed by atoms with Gasteiger partial charge in [-0.1, -0.05) is 25.4 Å². The smallest absolute Gasteiger partial charge is 0.255 e. The number of hydrogen-bond acceptors (Lipinski definition) is 4. The number of aliphatic imine (C=N–C) groups is 1. The average molecular weight is 375 g/mol. The molecule has 134 valence electrons. The molecule has 8 heteroatoms. The molecule has 0 aliphatic carbocycles. The van der Waals surface area contributed by atoms with Crippen LogP contribution in [0.4, 0.5) is 5.69 Å². The van der Waals surface area contributed by atoms with Crippen LogP contribution in [0.25, 0.3) is 0 Å². The molecule has 3 N–H and O–H groups in total. The van der Waals surface area contributed by atoms with Gasteiger partial charge in [-0.25, -0.2) is 4.99 Å². The number of likely N-dealkylation sites (N-methyl/N-ethyl adjacent to an activating group) is 1. The van der Waals surface area contributed by atoms with E-state index in [1.165, 1.54) is 13.2 Å². The summed E-state index contributed by atoms with van der Waals surface area (Å²) in [6.45, 7) is 7.37. The molecule has 24 heavy (non-hydrogen) atoms. The first-order chi connectivity index (χ1) is 11.5. The number of amidine groups is 1. The number of hydrogen-bond donors (Lipinski definition) is 2. The zero-order valence-electron chi connectivity index (χ0n) is 14.2. The number of methoxy groups -OCH3 is 1. The lowest BCUT2D eigenvalue weighted by Crippen LogP contribution is -2.34. The summed E-state index contributed by atoms with van der Waals surface area (Å²) < 4.78 is 5.27. The summed E-state index contributed by atoms with van der Waals surface area (Å²) in [5.74, 6) is 0.450. The van der Waals surface area contributed by atoms with Crippen LogP contribution < -0.4 is 15.8 Å². The molecule has 0 spiro atoms. The topological polar surface area (TPSA) is 80.0 Å². The fourth-order valence-corrected chi connectivity index (χ4v) is 2.39. The van der Waals surface area contributed by atoms with Gasteiger partial charge in [0, 0.05) is 19.2 Å². The summed E-state index contributed by atoms with van der Waals surface area (Å²) in [7, 11) is 1.48. The zero-order valence-corrected chi connectivity index (χ0v) is 15.7. The van der Waals surface area contributed by atoms with Crippen molar-refractivity contribution in [3.05, 3.63) is 22.7 Å². The van der Waals surface area contributed by atoms with Gasteiger partial charge in [-0.15, -0.1) is 11.6 Å². The van der Waals surface area contributed by atoms with Gasteiger partial charge in [0.25, 0.3) is 5.91 Å². The third-order valence-electron chi connectivity index (χ3n) is 3.52. The highest BCUT2D eigenvalue weighted by atomic mass is 35.5. The molecule has 1 aromatic rings. The van der Waals surface area contributed by atoms with E-state index in [1.807, 2.05) is 0 Å². The van der Waals surface area contributed by atoms with Crippen molar-refractivity contribution in [3.63, 3.8) is 0 Å². The maximum absolute atomic E-state index is 12.4. The predicted molar refractivity (Wildman–Crippen MR) is 100 cm³/mol. The highest BCUT2D eigenvalue weighted by Crippen LogP contribution is 2.33. The van der Waals surface area contributed by atoms with Crippen LogP contribution in [0.1, 0.15) is 24.2 Å². The van der Waals surface area contributed by atoms with Crippen LogP contribution in [0, 0.1) is 0 Å². The van der Waals surface area contributed by atoms with E-state index in [9.17, 15) is 4.79 Å². The lowest BCUT2D eigenvalue weighted by molar-refractivity contribution is 0.0946. The van der Waals surface area contributed by atoms with Crippen molar-refractivity contribution in [1.29, 1.82) is 0 Å². The van der Waals surface area contributed by atoms with Gasteiger partial charge in [0.2, 0.25) is 0 Å². The second kappa shape index (κ2) is 10.4. The third-order valence-corrected chi connectivity index (χ3v) is 4.10. The van der Waals surface area contributed by atoms with Gasteiger partial charge >= 0.3 is 0 Å². The van der Waals surface area contributed by atoms with E-state index < -0.39 is 0 Å². The van der Waals surface area contributed by atoms with Gasteiger partial charge in [0.1, 0.15) is 11.6 Å². The SMILES string of the molecule is CCN(CC)CCNC(=O)c1cc(Cl)c(N=C(N)CCl)cc1OC. The Morgan fingerprint density at radius 2 is 2.04 bits per heavy atom. The van der Waals surface area contributed by atoms with Gasteiger partial charge in [-0.05, 0) is 19.2 Å². The Morgan fingerprint density at radius 3 is 2.58 bits per heavy atom. The van der Waals surface area contributed by atoms with Gasteiger partial charge < -0.3 is 20.7 Å². The van der Waals surface area contributed by atoms with Crippen LogP contribution in [-0.4, -0.2) is 55.8 Å². The number of halogens is 2. The van der Waals surface area contributed by atoms with Crippen molar-refractivity contribution in [3.8, 4) is 5.75 Å².